The first kappa shape index (κ1) is 21.3. The molecule has 1 aromatic rings. The Balaban J connectivity index is 2.02. The maximum Gasteiger partial charge on any atom is 0.387 e. The van der Waals surface area contributed by atoms with Crippen molar-refractivity contribution in [3.05, 3.63) is 29.6 Å². The summed E-state index contributed by atoms with van der Waals surface area (Å²) in [5.41, 5.74) is 0.0211. The lowest BCUT2D eigenvalue weighted by Gasteiger charge is -2.32. The molecule has 0 spiro atoms. The van der Waals surface area contributed by atoms with E-state index < -0.39 is 12.4 Å². The number of guanidine groups is 1. The maximum absolute atomic E-state index is 14.1. The maximum atomic E-state index is 14.1. The lowest BCUT2D eigenvalue weighted by Crippen LogP contribution is -2.48. The van der Waals surface area contributed by atoms with E-state index in [1.807, 2.05) is 6.92 Å². The van der Waals surface area contributed by atoms with Crippen molar-refractivity contribution >= 4 is 5.96 Å². The van der Waals surface area contributed by atoms with Crippen LogP contribution in [0.3, 0.4) is 0 Å². The van der Waals surface area contributed by atoms with Crippen LogP contribution in [0.2, 0.25) is 0 Å². The molecule has 152 valence electrons. The summed E-state index contributed by atoms with van der Waals surface area (Å²) in [5.74, 6) is -0.240. The standard InChI is InChI=1S/C19H29F3N4O/c1-3-10-26-11-8-14(9-12-26)25-19(23-4-2)24-13-15-16(20)6-5-7-17(15)27-18(21)22/h5-7,14,18H,3-4,8-13H2,1-2H3,(H2,23,24,25). The van der Waals surface area contributed by atoms with Gasteiger partial charge in [0.2, 0.25) is 0 Å². The monoisotopic (exact) mass is 386 g/mol. The van der Waals surface area contributed by atoms with E-state index in [2.05, 4.69) is 32.2 Å². The lowest BCUT2D eigenvalue weighted by atomic mass is 10.1. The third kappa shape index (κ3) is 6.93. The molecule has 0 aromatic heterocycles. The van der Waals surface area contributed by atoms with Gasteiger partial charge in [-0.15, -0.1) is 0 Å². The molecule has 2 N–H and O–H groups in total. The van der Waals surface area contributed by atoms with Crippen LogP contribution >= 0.6 is 0 Å². The van der Waals surface area contributed by atoms with Gasteiger partial charge in [-0.3, -0.25) is 0 Å². The number of likely N-dealkylation sites (tertiary alicyclic amines) is 1. The molecular weight excluding hydrogens is 357 g/mol. The summed E-state index contributed by atoms with van der Waals surface area (Å²) < 4.78 is 43.6. The van der Waals surface area contributed by atoms with Crippen LogP contribution in [0.25, 0.3) is 0 Å². The topological polar surface area (TPSA) is 48.9 Å². The number of hydrogen-bond acceptors (Lipinski definition) is 3. The second-order valence-electron chi connectivity index (χ2n) is 6.55. The minimum Gasteiger partial charge on any atom is -0.434 e. The van der Waals surface area contributed by atoms with Crippen LogP contribution in [0.15, 0.2) is 23.2 Å². The first-order chi connectivity index (χ1) is 13.0. The second-order valence-corrected chi connectivity index (χ2v) is 6.55. The molecule has 0 unspecified atom stereocenters. The number of hydrogen-bond donors (Lipinski definition) is 2. The van der Waals surface area contributed by atoms with Crippen molar-refractivity contribution < 1.29 is 17.9 Å². The van der Waals surface area contributed by atoms with Gasteiger partial charge in [-0.05, 0) is 44.9 Å². The Labute approximate surface area is 159 Å². The predicted octanol–water partition coefficient (Wildman–Crippen LogP) is 3.36. The Morgan fingerprint density at radius 2 is 2.04 bits per heavy atom. The molecule has 1 fully saturated rings. The molecule has 2 rings (SSSR count). The number of nitrogens with zero attached hydrogens (tertiary/aromatic N) is 2. The number of alkyl halides is 2. The number of nitrogens with one attached hydrogen (secondary N) is 2. The van der Waals surface area contributed by atoms with Crippen LogP contribution in [-0.2, 0) is 6.54 Å². The first-order valence-electron chi connectivity index (χ1n) is 9.52. The average Bonchev–Trinajstić information content (AvgIpc) is 2.62. The molecule has 1 aliphatic heterocycles. The molecule has 0 amide bonds. The summed E-state index contributed by atoms with van der Waals surface area (Å²) in [5, 5.41) is 6.50. The number of piperidine rings is 1. The second kappa shape index (κ2) is 11.0. The highest BCUT2D eigenvalue weighted by molar-refractivity contribution is 5.80. The van der Waals surface area contributed by atoms with Gasteiger partial charge in [0.1, 0.15) is 11.6 Å². The van der Waals surface area contributed by atoms with E-state index in [9.17, 15) is 13.2 Å². The molecule has 5 nitrogen and oxygen atoms in total. The van der Waals surface area contributed by atoms with Gasteiger partial charge in [0.15, 0.2) is 5.96 Å². The fourth-order valence-corrected chi connectivity index (χ4v) is 3.19. The van der Waals surface area contributed by atoms with E-state index >= 15 is 0 Å². The van der Waals surface area contributed by atoms with Gasteiger partial charge in [-0.1, -0.05) is 13.0 Å². The Hall–Kier alpha value is -1.96. The van der Waals surface area contributed by atoms with E-state index in [1.54, 1.807) is 0 Å². The molecule has 0 saturated carbocycles. The van der Waals surface area contributed by atoms with Crippen molar-refractivity contribution in [2.75, 3.05) is 26.2 Å². The summed E-state index contributed by atoms with van der Waals surface area (Å²) in [6, 6.07) is 4.17. The third-order valence-electron chi connectivity index (χ3n) is 4.50. The van der Waals surface area contributed by atoms with Gasteiger partial charge in [0.25, 0.3) is 0 Å². The predicted molar refractivity (Wildman–Crippen MR) is 101 cm³/mol. The van der Waals surface area contributed by atoms with E-state index in [0.717, 1.165) is 38.9 Å². The molecule has 1 heterocycles. The smallest absolute Gasteiger partial charge is 0.387 e. The van der Waals surface area contributed by atoms with Crippen molar-refractivity contribution in [1.82, 2.24) is 15.5 Å². The molecule has 8 heteroatoms. The van der Waals surface area contributed by atoms with Crippen LogP contribution < -0.4 is 15.4 Å². The van der Waals surface area contributed by atoms with Crippen LogP contribution in [0.1, 0.15) is 38.7 Å². The van der Waals surface area contributed by atoms with Gasteiger partial charge in [0, 0.05) is 25.7 Å². The quantitative estimate of drug-likeness (QED) is 0.531. The zero-order chi connectivity index (χ0) is 19.6. The molecule has 1 aromatic carbocycles. The molecular formula is C19H29F3N4O. The Morgan fingerprint density at radius 1 is 1.30 bits per heavy atom. The van der Waals surface area contributed by atoms with Crippen molar-refractivity contribution in [1.29, 1.82) is 0 Å². The number of ether oxygens (including phenoxy) is 1. The molecule has 1 saturated heterocycles. The minimum atomic E-state index is -3.01. The summed E-state index contributed by atoms with van der Waals surface area (Å²) >= 11 is 0. The summed E-state index contributed by atoms with van der Waals surface area (Å²) in [6.45, 7) is 4.85. The largest absolute Gasteiger partial charge is 0.434 e. The molecule has 0 aliphatic carbocycles. The van der Waals surface area contributed by atoms with Crippen LogP contribution in [0.4, 0.5) is 13.2 Å². The van der Waals surface area contributed by atoms with Crippen molar-refractivity contribution in [2.24, 2.45) is 4.99 Å². The SMILES string of the molecule is CCCN1CCC(NC(=NCc2c(F)cccc2OC(F)F)NCC)CC1. The van der Waals surface area contributed by atoms with E-state index in [-0.39, 0.29) is 23.9 Å². The number of halogens is 3. The first-order valence-corrected chi connectivity index (χ1v) is 9.52. The minimum absolute atomic E-state index is 0.0211. The number of benzene rings is 1. The summed E-state index contributed by atoms with van der Waals surface area (Å²) in [4.78, 5) is 6.82. The zero-order valence-electron chi connectivity index (χ0n) is 16.0. The average molecular weight is 386 g/mol. The summed E-state index contributed by atoms with van der Waals surface area (Å²) in [6.07, 6.45) is 3.15. The fourth-order valence-electron chi connectivity index (χ4n) is 3.19. The van der Waals surface area contributed by atoms with Crippen molar-refractivity contribution in [3.63, 3.8) is 0 Å². The van der Waals surface area contributed by atoms with Gasteiger partial charge in [-0.25, -0.2) is 9.38 Å². The fraction of sp³-hybridized carbons (Fsp3) is 0.632. The number of rotatable bonds is 8. The Kier molecular flexibility index (Phi) is 8.71. The van der Waals surface area contributed by atoms with Gasteiger partial charge in [-0.2, -0.15) is 8.78 Å². The van der Waals surface area contributed by atoms with Crippen LogP contribution in [-0.4, -0.2) is 49.7 Å². The Morgan fingerprint density at radius 3 is 2.67 bits per heavy atom. The van der Waals surface area contributed by atoms with E-state index in [1.165, 1.54) is 18.2 Å². The van der Waals surface area contributed by atoms with Gasteiger partial charge in [0.05, 0.1) is 12.1 Å². The normalized spacial score (nSPS) is 16.6. The lowest BCUT2D eigenvalue weighted by molar-refractivity contribution is -0.0506. The third-order valence-corrected chi connectivity index (χ3v) is 4.50. The van der Waals surface area contributed by atoms with Crippen molar-refractivity contribution in [3.8, 4) is 5.75 Å². The molecule has 0 atom stereocenters. The van der Waals surface area contributed by atoms with E-state index in [0.29, 0.717) is 12.5 Å². The Bertz CT molecular complexity index is 605. The highest BCUT2D eigenvalue weighted by atomic mass is 19.3. The van der Waals surface area contributed by atoms with E-state index in [4.69, 9.17) is 0 Å². The van der Waals surface area contributed by atoms with Crippen molar-refractivity contribution in [2.45, 2.75) is 52.3 Å². The molecule has 0 bridgehead atoms. The zero-order valence-corrected chi connectivity index (χ0v) is 16.0. The molecule has 27 heavy (non-hydrogen) atoms. The van der Waals surface area contributed by atoms with Gasteiger partial charge < -0.3 is 20.3 Å². The highest BCUT2D eigenvalue weighted by Crippen LogP contribution is 2.24. The summed E-state index contributed by atoms with van der Waals surface area (Å²) in [7, 11) is 0. The number of aliphatic imine (C=N–C) groups is 1. The van der Waals surface area contributed by atoms with Crippen LogP contribution in [0.5, 0.6) is 5.75 Å². The highest BCUT2D eigenvalue weighted by Gasteiger charge is 2.19. The van der Waals surface area contributed by atoms with Gasteiger partial charge >= 0.3 is 6.61 Å². The molecule has 1 aliphatic rings. The van der Waals surface area contributed by atoms with Crippen LogP contribution in [0, 0.1) is 5.82 Å². The molecule has 0 radical (unpaired) electrons.